The topological polar surface area (TPSA) is 99.8 Å². The molecule has 8 heteroatoms. The molecule has 0 aliphatic carbocycles. The van der Waals surface area contributed by atoms with Crippen LogP contribution in [0.25, 0.3) is 22.2 Å². The number of rotatable bonds is 7. The monoisotopic (exact) mass is 466 g/mol. The van der Waals surface area contributed by atoms with E-state index >= 15 is 0 Å². The van der Waals surface area contributed by atoms with Gasteiger partial charge in [0.05, 0.1) is 16.2 Å². The third-order valence-corrected chi connectivity index (χ3v) is 6.30. The summed E-state index contributed by atoms with van der Waals surface area (Å²) in [6, 6.07) is 15.2. The summed E-state index contributed by atoms with van der Waals surface area (Å²) < 4.78 is 0. The van der Waals surface area contributed by atoms with E-state index in [0.29, 0.717) is 42.2 Å². The molecule has 0 radical (unpaired) electrons. The van der Waals surface area contributed by atoms with Crippen molar-refractivity contribution in [3.8, 4) is 11.3 Å². The lowest BCUT2D eigenvalue weighted by Gasteiger charge is -2.34. The van der Waals surface area contributed by atoms with Crippen molar-refractivity contribution >= 4 is 34.4 Å². The Hall–Kier alpha value is -3.00. The largest absolute Gasteiger partial charge is 0.481 e. The molecule has 0 spiro atoms. The number of carbonyl (C=O) groups excluding carboxylic acids is 1. The average molecular weight is 467 g/mol. The first-order valence-electron chi connectivity index (χ1n) is 11.1. The van der Waals surface area contributed by atoms with Crippen molar-refractivity contribution in [2.45, 2.75) is 19.4 Å². The summed E-state index contributed by atoms with van der Waals surface area (Å²) in [4.78, 5) is 32.6. The number of benzene rings is 2. The highest BCUT2D eigenvalue weighted by Crippen LogP contribution is 2.29. The second-order valence-electron chi connectivity index (χ2n) is 8.26. The van der Waals surface area contributed by atoms with Crippen LogP contribution in [0, 0.1) is 0 Å². The van der Waals surface area contributed by atoms with E-state index in [1.165, 1.54) is 0 Å². The van der Waals surface area contributed by atoms with Gasteiger partial charge in [-0.25, -0.2) is 4.98 Å². The summed E-state index contributed by atoms with van der Waals surface area (Å²) in [5, 5.41) is 10.2. The lowest BCUT2D eigenvalue weighted by Crippen LogP contribution is -2.48. The third-order valence-electron chi connectivity index (χ3n) is 5.99. The summed E-state index contributed by atoms with van der Waals surface area (Å²) in [6.45, 7) is 3.89. The van der Waals surface area contributed by atoms with Crippen molar-refractivity contribution in [1.29, 1.82) is 0 Å². The second kappa shape index (κ2) is 10.3. The maximum absolute atomic E-state index is 13.1. The molecule has 3 N–H and O–H groups in total. The van der Waals surface area contributed by atoms with Gasteiger partial charge in [-0.2, -0.15) is 0 Å². The van der Waals surface area contributed by atoms with E-state index in [-0.39, 0.29) is 12.3 Å². The highest BCUT2D eigenvalue weighted by atomic mass is 35.5. The number of piperazine rings is 1. The Morgan fingerprint density at radius 2 is 1.85 bits per heavy atom. The fraction of sp³-hybridized carbons (Fsp3) is 0.320. The molecule has 33 heavy (non-hydrogen) atoms. The zero-order chi connectivity index (χ0) is 23.4. The molecular formula is C25H27ClN4O3. The van der Waals surface area contributed by atoms with Crippen LogP contribution in [0.2, 0.25) is 5.02 Å². The third kappa shape index (κ3) is 5.50. The van der Waals surface area contributed by atoms with Crippen LogP contribution in [0.1, 0.15) is 28.8 Å². The van der Waals surface area contributed by atoms with Crippen molar-refractivity contribution in [2.75, 3.05) is 32.7 Å². The number of nitrogens with zero attached hydrogens (tertiary/aromatic N) is 3. The predicted molar refractivity (Wildman–Crippen MR) is 129 cm³/mol. The molecule has 2 heterocycles. The van der Waals surface area contributed by atoms with E-state index in [1.54, 1.807) is 12.1 Å². The van der Waals surface area contributed by atoms with E-state index in [2.05, 4.69) is 4.90 Å². The Kier molecular flexibility index (Phi) is 7.23. The number of nitrogens with two attached hydrogens (primary N) is 1. The Balaban J connectivity index is 1.50. The Labute approximate surface area is 197 Å². The lowest BCUT2D eigenvalue weighted by atomic mass is 10.0. The van der Waals surface area contributed by atoms with E-state index in [0.717, 1.165) is 41.8 Å². The van der Waals surface area contributed by atoms with Gasteiger partial charge in [0.2, 0.25) is 0 Å². The maximum Gasteiger partial charge on any atom is 0.303 e. The summed E-state index contributed by atoms with van der Waals surface area (Å²) in [5.41, 5.74) is 9.70. The number of aromatic nitrogens is 1. The highest BCUT2D eigenvalue weighted by Gasteiger charge is 2.22. The van der Waals surface area contributed by atoms with E-state index in [4.69, 9.17) is 27.4 Å². The molecule has 2 aromatic carbocycles. The van der Waals surface area contributed by atoms with Crippen LogP contribution in [0.5, 0.6) is 0 Å². The maximum atomic E-state index is 13.1. The minimum absolute atomic E-state index is 0.0319. The van der Waals surface area contributed by atoms with Gasteiger partial charge < -0.3 is 15.7 Å². The van der Waals surface area contributed by atoms with Crippen molar-refractivity contribution in [2.24, 2.45) is 5.73 Å². The standard InChI is InChI=1S/C25H27ClN4O3/c26-21-15-22(18-4-1-3-17(13-18)16-27)28-23-14-19(6-7-20(21)23)25(33)30-11-9-29(10-12-30)8-2-5-24(31)32/h1,3-4,6-7,13-15H,2,5,8-12,16,27H2,(H,31,32). The van der Waals surface area contributed by atoms with Crippen LogP contribution in [0.4, 0.5) is 0 Å². The predicted octanol–water partition coefficient (Wildman–Crippen LogP) is 3.64. The molecule has 7 nitrogen and oxygen atoms in total. The van der Waals surface area contributed by atoms with Crippen LogP contribution < -0.4 is 5.73 Å². The van der Waals surface area contributed by atoms with Crippen molar-refractivity contribution < 1.29 is 14.7 Å². The van der Waals surface area contributed by atoms with Gasteiger partial charge >= 0.3 is 5.97 Å². The summed E-state index contributed by atoms with van der Waals surface area (Å²) in [7, 11) is 0. The SMILES string of the molecule is NCc1cccc(-c2cc(Cl)c3ccc(C(=O)N4CCN(CCCC(=O)O)CC4)cc3n2)c1. The molecular weight excluding hydrogens is 440 g/mol. The van der Waals surface area contributed by atoms with Crippen LogP contribution in [0.15, 0.2) is 48.5 Å². The normalized spacial score (nSPS) is 14.5. The molecule has 0 bridgehead atoms. The zero-order valence-electron chi connectivity index (χ0n) is 18.3. The number of carboxylic acid groups (broad SMARTS) is 1. The van der Waals surface area contributed by atoms with Gasteiger partial charge in [-0.15, -0.1) is 0 Å². The molecule has 1 amide bonds. The quantitative estimate of drug-likeness (QED) is 0.551. The molecule has 1 aromatic heterocycles. The second-order valence-corrected chi connectivity index (χ2v) is 8.66. The molecule has 4 rings (SSSR count). The fourth-order valence-corrected chi connectivity index (χ4v) is 4.40. The van der Waals surface area contributed by atoms with Crippen molar-refractivity contribution in [1.82, 2.24) is 14.8 Å². The van der Waals surface area contributed by atoms with Gasteiger partial charge in [-0.1, -0.05) is 35.9 Å². The van der Waals surface area contributed by atoms with E-state index in [1.807, 2.05) is 41.3 Å². The van der Waals surface area contributed by atoms with Crippen molar-refractivity contribution in [3.05, 3.63) is 64.7 Å². The van der Waals surface area contributed by atoms with Gasteiger partial charge in [0.1, 0.15) is 0 Å². The number of hydrogen-bond donors (Lipinski definition) is 2. The van der Waals surface area contributed by atoms with Gasteiger partial charge in [-0.3, -0.25) is 14.5 Å². The highest BCUT2D eigenvalue weighted by molar-refractivity contribution is 6.35. The van der Waals surface area contributed by atoms with Crippen LogP contribution in [0.3, 0.4) is 0 Å². The molecule has 0 atom stereocenters. The smallest absolute Gasteiger partial charge is 0.303 e. The Bertz CT molecular complexity index is 1180. The number of hydrogen-bond acceptors (Lipinski definition) is 5. The Morgan fingerprint density at radius 1 is 1.06 bits per heavy atom. The summed E-state index contributed by atoms with van der Waals surface area (Å²) in [6.07, 6.45) is 0.793. The summed E-state index contributed by atoms with van der Waals surface area (Å²) in [5.74, 6) is -0.806. The number of carboxylic acids is 1. The molecule has 1 aliphatic heterocycles. The number of aliphatic carboxylic acids is 1. The number of carbonyl (C=O) groups is 2. The van der Waals surface area contributed by atoms with Gasteiger partial charge in [0, 0.05) is 55.7 Å². The van der Waals surface area contributed by atoms with E-state index < -0.39 is 5.97 Å². The fourth-order valence-electron chi connectivity index (χ4n) is 4.14. The molecule has 3 aromatic rings. The Morgan fingerprint density at radius 3 is 2.58 bits per heavy atom. The van der Waals surface area contributed by atoms with Crippen LogP contribution >= 0.6 is 11.6 Å². The number of fused-ring (bicyclic) bond motifs is 1. The molecule has 1 fully saturated rings. The van der Waals surface area contributed by atoms with Crippen molar-refractivity contribution in [3.63, 3.8) is 0 Å². The van der Waals surface area contributed by atoms with E-state index in [9.17, 15) is 9.59 Å². The molecule has 1 saturated heterocycles. The first kappa shape index (κ1) is 23.2. The zero-order valence-corrected chi connectivity index (χ0v) is 19.1. The van der Waals surface area contributed by atoms with Crippen LogP contribution in [-0.2, 0) is 11.3 Å². The molecule has 172 valence electrons. The minimum Gasteiger partial charge on any atom is -0.481 e. The van der Waals surface area contributed by atoms with Gasteiger partial charge in [0.25, 0.3) is 5.91 Å². The molecule has 0 saturated carbocycles. The lowest BCUT2D eigenvalue weighted by molar-refractivity contribution is -0.137. The molecule has 1 aliphatic rings. The van der Waals surface area contributed by atoms with Crippen LogP contribution in [-0.4, -0.2) is 64.5 Å². The summed E-state index contributed by atoms with van der Waals surface area (Å²) >= 11 is 6.54. The number of pyridine rings is 1. The minimum atomic E-state index is -0.774. The van der Waals surface area contributed by atoms with Gasteiger partial charge in [0.15, 0.2) is 0 Å². The molecule has 0 unspecified atom stereocenters. The average Bonchev–Trinajstić information content (AvgIpc) is 2.83. The number of amides is 1. The van der Waals surface area contributed by atoms with Gasteiger partial charge in [-0.05, 0) is 42.8 Å². The number of halogens is 1. The first-order valence-corrected chi connectivity index (χ1v) is 11.5. The first-order chi connectivity index (χ1) is 15.9.